The number of halogens is 1. The molecule has 0 fully saturated rings. The van der Waals surface area contributed by atoms with E-state index in [1.807, 2.05) is 6.07 Å². The average Bonchev–Trinajstić information content (AvgIpc) is 2.52. The molecule has 0 saturated heterocycles. The number of unbranched alkanes of at least 4 members (excludes halogenated alkanes) is 1. The number of terminal acetylenes is 1. The lowest BCUT2D eigenvalue weighted by Crippen LogP contribution is -2.07. The second-order valence-corrected chi connectivity index (χ2v) is 5.34. The van der Waals surface area contributed by atoms with E-state index in [0.29, 0.717) is 0 Å². The van der Waals surface area contributed by atoms with Crippen molar-refractivity contribution in [1.29, 1.82) is 0 Å². The van der Waals surface area contributed by atoms with E-state index in [2.05, 4.69) is 27.9 Å². The summed E-state index contributed by atoms with van der Waals surface area (Å²) in [5, 5.41) is 0. The highest BCUT2D eigenvalue weighted by molar-refractivity contribution is 9.11. The Labute approximate surface area is 91.5 Å². The van der Waals surface area contributed by atoms with Crippen LogP contribution in [0.15, 0.2) is 15.9 Å². The lowest BCUT2D eigenvalue weighted by atomic mass is 10.1. The number of hydrogen-bond donors (Lipinski definition) is 1. The van der Waals surface area contributed by atoms with Crippen LogP contribution in [0, 0.1) is 12.3 Å². The molecule has 1 nitrogen and oxygen atoms in total. The van der Waals surface area contributed by atoms with Gasteiger partial charge in [-0.05, 0) is 40.9 Å². The van der Waals surface area contributed by atoms with Crippen molar-refractivity contribution in [3.8, 4) is 12.3 Å². The molecule has 0 aromatic carbocycles. The molecule has 1 heterocycles. The highest BCUT2D eigenvalue weighted by atomic mass is 79.9. The zero-order valence-electron chi connectivity index (χ0n) is 7.29. The minimum absolute atomic E-state index is 0.143. The van der Waals surface area contributed by atoms with Gasteiger partial charge in [0, 0.05) is 17.3 Å². The average molecular weight is 258 g/mol. The lowest BCUT2D eigenvalue weighted by molar-refractivity contribution is 0.630. The fraction of sp³-hybridized carbons (Fsp3) is 0.400. The van der Waals surface area contributed by atoms with Gasteiger partial charge in [-0.25, -0.2) is 0 Å². The zero-order chi connectivity index (χ0) is 9.68. The standard InChI is InChI=1S/C10H12BrNS/c1-2-3-4-5-8(12)9-6-7-10(11)13-9/h1,6-8H,3-5,12H2. The van der Waals surface area contributed by atoms with Gasteiger partial charge < -0.3 is 5.73 Å². The summed E-state index contributed by atoms with van der Waals surface area (Å²) in [4.78, 5) is 1.23. The van der Waals surface area contributed by atoms with Gasteiger partial charge in [0.1, 0.15) is 0 Å². The van der Waals surface area contributed by atoms with Gasteiger partial charge in [0.05, 0.1) is 3.79 Å². The maximum atomic E-state index is 5.97. The summed E-state index contributed by atoms with van der Waals surface area (Å²) in [7, 11) is 0. The van der Waals surface area contributed by atoms with E-state index in [1.54, 1.807) is 11.3 Å². The van der Waals surface area contributed by atoms with Crippen molar-refractivity contribution >= 4 is 27.3 Å². The first kappa shape index (κ1) is 10.8. The minimum atomic E-state index is 0.143. The van der Waals surface area contributed by atoms with Gasteiger partial charge in [0.15, 0.2) is 0 Å². The van der Waals surface area contributed by atoms with E-state index in [9.17, 15) is 0 Å². The predicted octanol–water partition coefficient (Wildman–Crippen LogP) is 3.31. The van der Waals surface area contributed by atoms with Crippen LogP contribution in [-0.4, -0.2) is 0 Å². The molecule has 1 unspecified atom stereocenters. The number of nitrogens with two attached hydrogens (primary N) is 1. The van der Waals surface area contributed by atoms with Crippen LogP contribution in [0.4, 0.5) is 0 Å². The van der Waals surface area contributed by atoms with Crippen molar-refractivity contribution in [1.82, 2.24) is 0 Å². The summed E-state index contributed by atoms with van der Waals surface area (Å²) < 4.78 is 1.13. The topological polar surface area (TPSA) is 26.0 Å². The van der Waals surface area contributed by atoms with Crippen molar-refractivity contribution in [2.45, 2.75) is 25.3 Å². The molecule has 0 radical (unpaired) electrons. The SMILES string of the molecule is C#CCCCC(N)c1ccc(Br)s1. The number of thiophene rings is 1. The first-order valence-corrected chi connectivity index (χ1v) is 5.79. The normalized spacial score (nSPS) is 12.4. The summed E-state index contributed by atoms with van der Waals surface area (Å²) >= 11 is 5.11. The van der Waals surface area contributed by atoms with Crippen LogP contribution in [0.25, 0.3) is 0 Å². The predicted molar refractivity (Wildman–Crippen MR) is 61.6 cm³/mol. The van der Waals surface area contributed by atoms with Crippen molar-refractivity contribution in [3.63, 3.8) is 0 Å². The van der Waals surface area contributed by atoms with Gasteiger partial charge >= 0.3 is 0 Å². The van der Waals surface area contributed by atoms with E-state index in [4.69, 9.17) is 12.2 Å². The molecular formula is C10H12BrNS. The molecule has 0 spiro atoms. The van der Waals surface area contributed by atoms with Crippen LogP contribution in [0.1, 0.15) is 30.2 Å². The Morgan fingerprint density at radius 2 is 2.38 bits per heavy atom. The van der Waals surface area contributed by atoms with Crippen molar-refractivity contribution < 1.29 is 0 Å². The molecule has 0 bridgehead atoms. The van der Waals surface area contributed by atoms with Gasteiger partial charge in [0.2, 0.25) is 0 Å². The second-order valence-electron chi connectivity index (χ2n) is 2.84. The third kappa shape index (κ3) is 3.51. The zero-order valence-corrected chi connectivity index (χ0v) is 9.70. The second kappa shape index (κ2) is 5.43. The summed E-state index contributed by atoms with van der Waals surface area (Å²) in [6.45, 7) is 0. The van der Waals surface area contributed by atoms with Crippen LogP contribution in [0.3, 0.4) is 0 Å². The van der Waals surface area contributed by atoms with Gasteiger partial charge in [-0.3, -0.25) is 0 Å². The molecular weight excluding hydrogens is 246 g/mol. The molecule has 0 saturated carbocycles. The third-order valence-corrected chi connectivity index (χ3v) is 3.55. The van der Waals surface area contributed by atoms with Gasteiger partial charge in [-0.1, -0.05) is 0 Å². The Bertz CT molecular complexity index is 300. The Morgan fingerprint density at radius 3 is 2.92 bits per heavy atom. The molecule has 0 amide bonds. The monoisotopic (exact) mass is 257 g/mol. The molecule has 70 valence electrons. The van der Waals surface area contributed by atoms with Gasteiger partial charge in [-0.2, -0.15) is 0 Å². The molecule has 2 N–H and O–H groups in total. The Balaban J connectivity index is 2.40. The Kier molecular flexibility index (Phi) is 4.51. The van der Waals surface area contributed by atoms with E-state index in [1.165, 1.54) is 4.88 Å². The molecule has 1 rings (SSSR count). The number of rotatable bonds is 4. The molecule has 0 aliphatic heterocycles. The van der Waals surface area contributed by atoms with E-state index in [-0.39, 0.29) is 6.04 Å². The van der Waals surface area contributed by atoms with Gasteiger partial charge in [-0.15, -0.1) is 23.7 Å². The largest absolute Gasteiger partial charge is 0.323 e. The first-order valence-electron chi connectivity index (χ1n) is 4.18. The van der Waals surface area contributed by atoms with Crippen molar-refractivity contribution in [2.75, 3.05) is 0 Å². The summed E-state index contributed by atoms with van der Waals surface area (Å²) in [6, 6.07) is 4.24. The molecule has 1 aromatic heterocycles. The fourth-order valence-corrected chi connectivity index (χ4v) is 2.55. The molecule has 13 heavy (non-hydrogen) atoms. The Morgan fingerprint density at radius 1 is 1.62 bits per heavy atom. The van der Waals surface area contributed by atoms with Gasteiger partial charge in [0.25, 0.3) is 0 Å². The molecule has 0 aliphatic rings. The van der Waals surface area contributed by atoms with Crippen LogP contribution >= 0.6 is 27.3 Å². The maximum Gasteiger partial charge on any atom is 0.0701 e. The van der Waals surface area contributed by atoms with Crippen LogP contribution in [-0.2, 0) is 0 Å². The maximum absolute atomic E-state index is 5.97. The number of hydrogen-bond acceptors (Lipinski definition) is 2. The van der Waals surface area contributed by atoms with Crippen molar-refractivity contribution in [2.24, 2.45) is 5.73 Å². The van der Waals surface area contributed by atoms with E-state index >= 15 is 0 Å². The lowest BCUT2D eigenvalue weighted by Gasteiger charge is -2.06. The quantitative estimate of drug-likeness (QED) is 0.650. The molecule has 0 aliphatic carbocycles. The summed E-state index contributed by atoms with van der Waals surface area (Å²) in [6.07, 6.45) is 7.96. The van der Waals surface area contributed by atoms with Crippen LogP contribution < -0.4 is 5.73 Å². The first-order chi connectivity index (χ1) is 6.24. The highest BCUT2D eigenvalue weighted by Gasteiger charge is 2.07. The fourth-order valence-electron chi connectivity index (χ4n) is 1.09. The van der Waals surface area contributed by atoms with E-state index in [0.717, 1.165) is 23.0 Å². The van der Waals surface area contributed by atoms with E-state index < -0.39 is 0 Å². The molecule has 3 heteroatoms. The summed E-state index contributed by atoms with van der Waals surface area (Å²) in [5.74, 6) is 2.62. The Hall–Kier alpha value is -0.300. The highest BCUT2D eigenvalue weighted by Crippen LogP contribution is 2.28. The molecule has 1 aromatic rings. The smallest absolute Gasteiger partial charge is 0.0701 e. The summed E-state index contributed by atoms with van der Waals surface area (Å²) in [5.41, 5.74) is 5.97. The van der Waals surface area contributed by atoms with Crippen molar-refractivity contribution in [3.05, 3.63) is 20.8 Å². The molecule has 1 atom stereocenters. The van der Waals surface area contributed by atoms with Crippen LogP contribution in [0.2, 0.25) is 0 Å². The third-order valence-electron chi connectivity index (χ3n) is 1.80. The minimum Gasteiger partial charge on any atom is -0.323 e. The van der Waals surface area contributed by atoms with Crippen LogP contribution in [0.5, 0.6) is 0 Å².